The standard InChI is InChI=1S/C16H15NO3/c1-11(16(19)20)9-12-4-6-13(7-5-12)10-14-3-2-8-17-15(14)18/h2-9H,10H2,1H3,(H,17,18)(H,19,20). The summed E-state index contributed by atoms with van der Waals surface area (Å²) in [5, 5.41) is 18.4. The molecule has 0 unspecified atom stereocenters. The number of pyridine rings is 1. The Hall–Kier alpha value is -2.62. The Bertz CT molecular complexity index is 645. The highest BCUT2D eigenvalue weighted by atomic mass is 16.4. The third kappa shape index (κ3) is 3.45. The van der Waals surface area contributed by atoms with Gasteiger partial charge in [0.15, 0.2) is 0 Å². The molecule has 0 atom stereocenters. The van der Waals surface area contributed by atoms with E-state index in [9.17, 15) is 9.90 Å². The quantitative estimate of drug-likeness (QED) is 0.837. The van der Waals surface area contributed by atoms with E-state index in [1.54, 1.807) is 25.3 Å². The topological polar surface area (TPSA) is 70.4 Å². The van der Waals surface area contributed by atoms with Crippen LogP contribution in [0.4, 0.5) is 0 Å². The van der Waals surface area contributed by atoms with Crippen LogP contribution in [0, 0.1) is 0 Å². The molecule has 4 heteroatoms. The van der Waals surface area contributed by atoms with Crippen molar-refractivity contribution in [2.45, 2.75) is 13.3 Å². The maximum atomic E-state index is 10.7. The minimum atomic E-state index is -0.922. The highest BCUT2D eigenvalue weighted by molar-refractivity contribution is 5.91. The maximum Gasteiger partial charge on any atom is 0.331 e. The Labute approximate surface area is 117 Å². The molecule has 4 nitrogen and oxygen atoms in total. The number of benzene rings is 1. The predicted octanol–water partition coefficient (Wildman–Crippen LogP) is 2.87. The van der Waals surface area contributed by atoms with Crippen LogP contribution in [0.25, 0.3) is 6.08 Å². The lowest BCUT2D eigenvalue weighted by Gasteiger charge is -2.04. The first-order valence-corrected chi connectivity index (χ1v) is 6.19. The zero-order valence-corrected chi connectivity index (χ0v) is 11.1. The van der Waals surface area contributed by atoms with Crippen LogP contribution < -0.4 is 0 Å². The number of carboxylic acids is 1. The Kier molecular flexibility index (Phi) is 4.15. The summed E-state index contributed by atoms with van der Waals surface area (Å²) in [5.74, 6) is -0.882. The summed E-state index contributed by atoms with van der Waals surface area (Å²) >= 11 is 0. The molecule has 1 aromatic heterocycles. The average Bonchev–Trinajstić information content (AvgIpc) is 2.43. The number of rotatable bonds is 4. The molecule has 0 spiro atoms. The highest BCUT2D eigenvalue weighted by Crippen LogP contribution is 2.18. The second kappa shape index (κ2) is 6.02. The van der Waals surface area contributed by atoms with E-state index in [0.29, 0.717) is 12.0 Å². The van der Waals surface area contributed by atoms with E-state index in [1.165, 1.54) is 0 Å². The first kappa shape index (κ1) is 13.8. The fourth-order valence-electron chi connectivity index (χ4n) is 1.83. The maximum absolute atomic E-state index is 10.7. The van der Waals surface area contributed by atoms with Gasteiger partial charge in [0.25, 0.3) is 0 Å². The second-order valence-corrected chi connectivity index (χ2v) is 4.54. The summed E-state index contributed by atoms with van der Waals surface area (Å²) in [6, 6.07) is 11.1. The van der Waals surface area contributed by atoms with Crippen LogP contribution in [0.5, 0.6) is 5.88 Å². The summed E-state index contributed by atoms with van der Waals surface area (Å²) in [5.41, 5.74) is 2.92. The first-order valence-electron chi connectivity index (χ1n) is 6.19. The van der Waals surface area contributed by atoms with Crippen molar-refractivity contribution in [1.29, 1.82) is 0 Å². The van der Waals surface area contributed by atoms with Gasteiger partial charge < -0.3 is 10.2 Å². The van der Waals surface area contributed by atoms with Gasteiger partial charge in [-0.15, -0.1) is 0 Å². The SMILES string of the molecule is CC(=Cc1ccc(Cc2cccnc2O)cc1)C(=O)O. The summed E-state index contributed by atoms with van der Waals surface area (Å²) in [7, 11) is 0. The smallest absolute Gasteiger partial charge is 0.331 e. The van der Waals surface area contributed by atoms with Crippen LogP contribution >= 0.6 is 0 Å². The number of carboxylic acid groups (broad SMARTS) is 1. The van der Waals surface area contributed by atoms with Crippen molar-refractivity contribution in [3.63, 3.8) is 0 Å². The van der Waals surface area contributed by atoms with Crippen LogP contribution in [-0.4, -0.2) is 21.2 Å². The number of aromatic hydroxyl groups is 1. The monoisotopic (exact) mass is 269 g/mol. The molecular formula is C16H15NO3. The number of aliphatic carboxylic acids is 1. The average molecular weight is 269 g/mol. The number of hydrogen-bond acceptors (Lipinski definition) is 3. The van der Waals surface area contributed by atoms with Crippen molar-refractivity contribution in [2.75, 3.05) is 0 Å². The molecule has 2 aromatic rings. The Morgan fingerprint density at radius 2 is 1.95 bits per heavy atom. The molecule has 0 saturated carbocycles. The van der Waals surface area contributed by atoms with Crippen LogP contribution in [0.15, 0.2) is 48.2 Å². The van der Waals surface area contributed by atoms with E-state index in [4.69, 9.17) is 5.11 Å². The van der Waals surface area contributed by atoms with E-state index in [0.717, 1.165) is 16.7 Å². The minimum Gasteiger partial charge on any atom is -0.493 e. The summed E-state index contributed by atoms with van der Waals surface area (Å²) in [4.78, 5) is 14.6. The number of nitrogens with zero attached hydrogens (tertiary/aromatic N) is 1. The lowest BCUT2D eigenvalue weighted by Crippen LogP contribution is -1.95. The van der Waals surface area contributed by atoms with Crippen LogP contribution in [0.3, 0.4) is 0 Å². The van der Waals surface area contributed by atoms with Crippen LogP contribution in [0.1, 0.15) is 23.6 Å². The van der Waals surface area contributed by atoms with Gasteiger partial charge in [-0.2, -0.15) is 0 Å². The highest BCUT2D eigenvalue weighted by Gasteiger charge is 2.03. The van der Waals surface area contributed by atoms with E-state index >= 15 is 0 Å². The van der Waals surface area contributed by atoms with Crippen molar-refractivity contribution in [2.24, 2.45) is 0 Å². The van der Waals surface area contributed by atoms with Gasteiger partial charge in [0, 0.05) is 23.8 Å². The van der Waals surface area contributed by atoms with Crippen LogP contribution in [-0.2, 0) is 11.2 Å². The van der Waals surface area contributed by atoms with Crippen LogP contribution in [0.2, 0.25) is 0 Å². The molecule has 0 aliphatic carbocycles. The second-order valence-electron chi connectivity index (χ2n) is 4.54. The Balaban J connectivity index is 2.15. The molecule has 0 aliphatic rings. The van der Waals surface area contributed by atoms with Gasteiger partial charge in [-0.3, -0.25) is 0 Å². The largest absolute Gasteiger partial charge is 0.493 e. The molecule has 20 heavy (non-hydrogen) atoms. The molecule has 0 bridgehead atoms. The van der Waals surface area contributed by atoms with E-state index < -0.39 is 5.97 Å². The summed E-state index contributed by atoms with van der Waals surface area (Å²) in [6.45, 7) is 1.56. The Morgan fingerprint density at radius 3 is 2.55 bits per heavy atom. The molecule has 102 valence electrons. The molecule has 1 aromatic carbocycles. The minimum absolute atomic E-state index is 0.0400. The molecule has 1 heterocycles. The van der Waals surface area contributed by atoms with E-state index in [-0.39, 0.29) is 5.88 Å². The molecule has 2 N–H and O–H groups in total. The van der Waals surface area contributed by atoms with Crippen molar-refractivity contribution < 1.29 is 15.0 Å². The number of aromatic nitrogens is 1. The predicted molar refractivity (Wildman–Crippen MR) is 76.4 cm³/mol. The van der Waals surface area contributed by atoms with Crippen molar-refractivity contribution in [3.8, 4) is 5.88 Å². The van der Waals surface area contributed by atoms with Gasteiger partial charge in [-0.1, -0.05) is 30.3 Å². The molecule has 2 rings (SSSR count). The normalized spacial score (nSPS) is 11.3. The molecule has 0 aliphatic heterocycles. The molecule has 0 radical (unpaired) electrons. The lowest BCUT2D eigenvalue weighted by molar-refractivity contribution is -0.132. The Morgan fingerprint density at radius 1 is 1.25 bits per heavy atom. The van der Waals surface area contributed by atoms with E-state index in [2.05, 4.69) is 4.98 Å². The van der Waals surface area contributed by atoms with Crippen molar-refractivity contribution >= 4 is 12.0 Å². The van der Waals surface area contributed by atoms with Gasteiger partial charge in [-0.05, 0) is 30.2 Å². The third-order valence-corrected chi connectivity index (χ3v) is 2.96. The van der Waals surface area contributed by atoms with Gasteiger partial charge in [0.05, 0.1) is 0 Å². The van der Waals surface area contributed by atoms with Crippen molar-refractivity contribution in [3.05, 3.63) is 64.9 Å². The van der Waals surface area contributed by atoms with E-state index in [1.807, 2.05) is 30.3 Å². The molecule has 0 amide bonds. The third-order valence-electron chi connectivity index (χ3n) is 2.96. The first-order chi connectivity index (χ1) is 9.56. The summed E-state index contributed by atoms with van der Waals surface area (Å²) in [6.07, 6.45) is 3.75. The number of hydrogen-bond donors (Lipinski definition) is 2. The molecular weight excluding hydrogens is 254 g/mol. The van der Waals surface area contributed by atoms with Gasteiger partial charge in [-0.25, -0.2) is 9.78 Å². The zero-order valence-electron chi connectivity index (χ0n) is 11.1. The fraction of sp³-hybridized carbons (Fsp3) is 0.125. The molecule has 0 saturated heterocycles. The number of carbonyl (C=O) groups is 1. The molecule has 0 fully saturated rings. The fourth-order valence-corrected chi connectivity index (χ4v) is 1.83. The lowest BCUT2D eigenvalue weighted by atomic mass is 10.0. The van der Waals surface area contributed by atoms with Gasteiger partial charge >= 0.3 is 5.97 Å². The van der Waals surface area contributed by atoms with Gasteiger partial charge in [0.1, 0.15) is 0 Å². The van der Waals surface area contributed by atoms with Crippen molar-refractivity contribution in [1.82, 2.24) is 4.98 Å². The zero-order chi connectivity index (χ0) is 14.5. The summed E-state index contributed by atoms with van der Waals surface area (Å²) < 4.78 is 0. The van der Waals surface area contributed by atoms with Gasteiger partial charge in [0.2, 0.25) is 5.88 Å².